The minimum absolute atomic E-state index is 0.0741. The van der Waals surface area contributed by atoms with Crippen LogP contribution in [0.4, 0.5) is 11.4 Å². The molecule has 0 aliphatic heterocycles. The topological polar surface area (TPSA) is 103 Å². The van der Waals surface area contributed by atoms with Gasteiger partial charge in [0, 0.05) is 24.3 Å². The van der Waals surface area contributed by atoms with Gasteiger partial charge < -0.3 is 0 Å². The maximum atomic E-state index is 12.0. The van der Waals surface area contributed by atoms with Gasteiger partial charge in [-0.25, -0.2) is 0 Å². The molecule has 2 atom stereocenters. The zero-order chi connectivity index (χ0) is 15.9. The summed E-state index contributed by atoms with van der Waals surface area (Å²) in [6, 6.07) is 11.9. The number of rotatable bonds is 4. The van der Waals surface area contributed by atoms with E-state index in [1.807, 2.05) is 0 Å². The van der Waals surface area contributed by atoms with E-state index in [-0.39, 0.29) is 17.2 Å². The van der Waals surface area contributed by atoms with Gasteiger partial charge in [-0.05, 0) is 11.1 Å². The molecule has 0 aromatic heterocycles. The first-order valence-electron chi connectivity index (χ1n) is 6.51. The molecular weight excluding hydrogens is 288 g/mol. The average molecular weight is 298 g/mol. The number of carbonyl (C=O) groups excluding carboxylic acids is 1. The standard InChI is InChI=1S/C15H10N2O5/c18-15-13(9-3-1-5-11(7-9)16(19)20)14(15)10-4-2-6-12(8-10)17(21)22/h1-8,13-14H. The minimum Gasteiger partial charge on any atom is -0.298 e. The van der Waals surface area contributed by atoms with Crippen LogP contribution in [-0.4, -0.2) is 15.6 Å². The second-order valence-corrected chi connectivity index (χ2v) is 5.06. The summed E-state index contributed by atoms with van der Waals surface area (Å²) in [4.78, 5) is 32.6. The number of benzene rings is 2. The Kier molecular flexibility index (Phi) is 3.17. The van der Waals surface area contributed by atoms with E-state index in [1.165, 1.54) is 36.4 Å². The summed E-state index contributed by atoms with van der Waals surface area (Å²) < 4.78 is 0. The predicted octanol–water partition coefficient (Wildman–Crippen LogP) is 2.95. The fraction of sp³-hybridized carbons (Fsp3) is 0.133. The number of carbonyl (C=O) groups is 1. The van der Waals surface area contributed by atoms with Crippen molar-refractivity contribution in [3.05, 3.63) is 79.9 Å². The summed E-state index contributed by atoms with van der Waals surface area (Å²) in [5.74, 6) is -1.02. The van der Waals surface area contributed by atoms with Crippen LogP contribution < -0.4 is 0 Å². The molecule has 2 aromatic carbocycles. The Morgan fingerprint density at radius 3 is 1.55 bits per heavy atom. The second kappa shape index (κ2) is 5.03. The number of Topliss-reactive ketones (excluding diaryl/α,β-unsaturated/α-hetero) is 1. The molecule has 7 nitrogen and oxygen atoms in total. The Bertz CT molecular complexity index is 737. The van der Waals surface area contributed by atoms with Crippen LogP contribution in [0.25, 0.3) is 0 Å². The molecule has 1 aliphatic rings. The summed E-state index contributed by atoms with van der Waals surface area (Å²) in [5.41, 5.74) is 0.983. The third-order valence-electron chi connectivity index (χ3n) is 3.72. The quantitative estimate of drug-likeness (QED) is 0.637. The largest absolute Gasteiger partial charge is 0.298 e. The third-order valence-corrected chi connectivity index (χ3v) is 3.72. The highest BCUT2D eigenvalue weighted by Gasteiger charge is 2.51. The van der Waals surface area contributed by atoms with Crippen LogP contribution in [0.15, 0.2) is 48.5 Å². The smallest absolute Gasteiger partial charge is 0.269 e. The minimum atomic E-state index is -0.515. The summed E-state index contributed by atoms with van der Waals surface area (Å²) >= 11 is 0. The van der Waals surface area contributed by atoms with Crippen molar-refractivity contribution < 1.29 is 14.6 Å². The maximum Gasteiger partial charge on any atom is 0.269 e. The Hall–Kier alpha value is -3.09. The van der Waals surface area contributed by atoms with Crippen molar-refractivity contribution in [1.29, 1.82) is 0 Å². The van der Waals surface area contributed by atoms with Gasteiger partial charge in [-0.1, -0.05) is 24.3 Å². The van der Waals surface area contributed by atoms with Gasteiger partial charge in [0.25, 0.3) is 11.4 Å². The van der Waals surface area contributed by atoms with Crippen molar-refractivity contribution in [2.45, 2.75) is 11.8 Å². The van der Waals surface area contributed by atoms with Crippen LogP contribution in [0.2, 0.25) is 0 Å². The summed E-state index contributed by atoms with van der Waals surface area (Å²) in [5, 5.41) is 21.6. The monoisotopic (exact) mass is 298 g/mol. The molecule has 2 aromatic rings. The van der Waals surface area contributed by atoms with Crippen LogP contribution in [0.3, 0.4) is 0 Å². The Balaban J connectivity index is 1.91. The van der Waals surface area contributed by atoms with E-state index < -0.39 is 21.7 Å². The molecule has 1 saturated carbocycles. The van der Waals surface area contributed by atoms with E-state index in [4.69, 9.17) is 0 Å². The van der Waals surface area contributed by atoms with Gasteiger partial charge in [-0.15, -0.1) is 0 Å². The molecule has 1 aliphatic carbocycles. The number of hydrogen-bond donors (Lipinski definition) is 0. The molecule has 0 N–H and O–H groups in total. The van der Waals surface area contributed by atoms with Gasteiger partial charge in [0.05, 0.1) is 21.7 Å². The SMILES string of the molecule is O=C1C(c2cccc([N+](=O)[O-])c2)C1c1cccc([N+](=O)[O-])c1. The molecular formula is C15H10N2O5. The van der Waals surface area contributed by atoms with E-state index in [0.29, 0.717) is 11.1 Å². The Morgan fingerprint density at radius 1 is 0.773 bits per heavy atom. The van der Waals surface area contributed by atoms with Gasteiger partial charge in [0.1, 0.15) is 5.78 Å². The van der Waals surface area contributed by atoms with Gasteiger partial charge in [0.2, 0.25) is 0 Å². The van der Waals surface area contributed by atoms with Crippen LogP contribution in [0, 0.1) is 20.2 Å². The van der Waals surface area contributed by atoms with E-state index >= 15 is 0 Å². The van der Waals surface area contributed by atoms with E-state index in [2.05, 4.69) is 0 Å². The fourth-order valence-electron chi connectivity index (χ4n) is 2.62. The van der Waals surface area contributed by atoms with E-state index in [0.717, 1.165) is 0 Å². The second-order valence-electron chi connectivity index (χ2n) is 5.06. The lowest BCUT2D eigenvalue weighted by atomic mass is 10.0. The lowest BCUT2D eigenvalue weighted by Gasteiger charge is -2.00. The average Bonchev–Trinajstić information content (AvgIpc) is 3.18. The van der Waals surface area contributed by atoms with Gasteiger partial charge in [-0.3, -0.25) is 25.0 Å². The molecule has 2 unspecified atom stereocenters. The van der Waals surface area contributed by atoms with Gasteiger partial charge >= 0.3 is 0 Å². The third kappa shape index (κ3) is 2.32. The molecule has 0 radical (unpaired) electrons. The lowest BCUT2D eigenvalue weighted by molar-refractivity contribution is -0.385. The van der Waals surface area contributed by atoms with Crippen molar-refractivity contribution >= 4 is 17.2 Å². The predicted molar refractivity (Wildman–Crippen MR) is 76.7 cm³/mol. The first kappa shape index (κ1) is 13.9. The molecule has 7 heteroatoms. The number of nitro benzene ring substituents is 2. The molecule has 3 rings (SSSR count). The molecule has 0 amide bonds. The zero-order valence-electron chi connectivity index (χ0n) is 11.2. The highest BCUT2D eigenvalue weighted by molar-refractivity contribution is 6.09. The normalized spacial score (nSPS) is 19.7. The highest BCUT2D eigenvalue weighted by atomic mass is 16.6. The van der Waals surface area contributed by atoms with Crippen molar-refractivity contribution in [1.82, 2.24) is 0 Å². The van der Waals surface area contributed by atoms with Crippen LogP contribution in [-0.2, 0) is 4.79 Å². The van der Waals surface area contributed by atoms with Gasteiger partial charge in [-0.2, -0.15) is 0 Å². The Morgan fingerprint density at radius 2 is 1.18 bits per heavy atom. The van der Waals surface area contributed by atoms with Crippen molar-refractivity contribution in [3.8, 4) is 0 Å². The summed E-state index contributed by atoms with van der Waals surface area (Å²) in [6.45, 7) is 0. The number of ketones is 1. The molecule has 0 saturated heterocycles. The lowest BCUT2D eigenvalue weighted by Crippen LogP contribution is -1.91. The number of non-ortho nitro benzene ring substituents is 2. The molecule has 1 fully saturated rings. The summed E-state index contributed by atoms with van der Waals surface area (Å²) in [6.07, 6.45) is 0. The van der Waals surface area contributed by atoms with Crippen molar-refractivity contribution in [2.24, 2.45) is 0 Å². The summed E-state index contributed by atoms with van der Waals surface area (Å²) in [7, 11) is 0. The van der Waals surface area contributed by atoms with Crippen LogP contribution in [0.5, 0.6) is 0 Å². The van der Waals surface area contributed by atoms with E-state index in [1.54, 1.807) is 12.1 Å². The molecule has 0 bridgehead atoms. The van der Waals surface area contributed by atoms with Crippen LogP contribution >= 0.6 is 0 Å². The molecule has 0 heterocycles. The van der Waals surface area contributed by atoms with Crippen molar-refractivity contribution in [2.75, 3.05) is 0 Å². The van der Waals surface area contributed by atoms with Crippen LogP contribution in [0.1, 0.15) is 23.0 Å². The first-order chi connectivity index (χ1) is 10.5. The zero-order valence-corrected chi connectivity index (χ0v) is 11.2. The Labute approximate surface area is 124 Å². The van der Waals surface area contributed by atoms with Gasteiger partial charge in [0.15, 0.2) is 0 Å². The first-order valence-corrected chi connectivity index (χ1v) is 6.51. The number of nitro groups is 2. The molecule has 22 heavy (non-hydrogen) atoms. The highest BCUT2D eigenvalue weighted by Crippen LogP contribution is 2.51. The molecule has 110 valence electrons. The molecule has 0 spiro atoms. The van der Waals surface area contributed by atoms with E-state index in [9.17, 15) is 25.0 Å². The van der Waals surface area contributed by atoms with Crippen molar-refractivity contribution in [3.63, 3.8) is 0 Å². The maximum absolute atomic E-state index is 12.0. The number of hydrogen-bond acceptors (Lipinski definition) is 5. The number of nitrogens with zero attached hydrogens (tertiary/aromatic N) is 2. The fourth-order valence-corrected chi connectivity index (χ4v) is 2.62.